The van der Waals surface area contributed by atoms with Gasteiger partial charge in [0.15, 0.2) is 6.10 Å². The zero-order valence-corrected chi connectivity index (χ0v) is 12.9. The molecule has 2 atom stereocenters. The summed E-state index contributed by atoms with van der Waals surface area (Å²) in [4.78, 5) is 14.0. The number of carbonyl (C=O) groups is 1. The molecule has 0 radical (unpaired) electrons. The van der Waals surface area contributed by atoms with E-state index in [1.807, 2.05) is 32.0 Å². The highest BCUT2D eigenvalue weighted by molar-refractivity contribution is 5.99. The second-order valence-corrected chi connectivity index (χ2v) is 6.18. The maximum absolute atomic E-state index is 12.3. The SMILES string of the molecule is CC(C)C1Oc2ccc(C(N)C(C)C)cc2N(C)C1=O. The van der Waals surface area contributed by atoms with E-state index in [4.69, 9.17) is 10.5 Å². The lowest BCUT2D eigenvalue weighted by Gasteiger charge is -2.34. The number of fused-ring (bicyclic) bond motifs is 1. The number of amides is 1. The molecule has 0 saturated heterocycles. The first kappa shape index (κ1) is 14.9. The Labute approximate surface area is 120 Å². The predicted molar refractivity (Wildman–Crippen MR) is 80.9 cm³/mol. The third-order valence-electron chi connectivity index (χ3n) is 3.88. The lowest BCUT2D eigenvalue weighted by Crippen LogP contribution is -2.46. The average Bonchev–Trinajstić information content (AvgIpc) is 2.41. The summed E-state index contributed by atoms with van der Waals surface area (Å²) in [5.74, 6) is 1.26. The number of hydrogen-bond acceptors (Lipinski definition) is 3. The van der Waals surface area contributed by atoms with Gasteiger partial charge in [0.1, 0.15) is 5.75 Å². The van der Waals surface area contributed by atoms with Crippen molar-refractivity contribution in [3.05, 3.63) is 23.8 Å². The summed E-state index contributed by atoms with van der Waals surface area (Å²) in [5, 5.41) is 0. The molecule has 0 aromatic heterocycles. The molecule has 1 amide bonds. The summed E-state index contributed by atoms with van der Waals surface area (Å²) in [6.07, 6.45) is -0.405. The Morgan fingerprint density at radius 2 is 1.90 bits per heavy atom. The minimum Gasteiger partial charge on any atom is -0.478 e. The molecule has 1 aliphatic heterocycles. The van der Waals surface area contributed by atoms with Crippen molar-refractivity contribution < 1.29 is 9.53 Å². The van der Waals surface area contributed by atoms with Crippen LogP contribution < -0.4 is 15.4 Å². The average molecular weight is 276 g/mol. The number of nitrogens with zero attached hydrogens (tertiary/aromatic N) is 1. The minimum absolute atomic E-state index is 0.00256. The summed E-state index contributed by atoms with van der Waals surface area (Å²) < 4.78 is 5.84. The van der Waals surface area contributed by atoms with Gasteiger partial charge in [-0.3, -0.25) is 4.79 Å². The van der Waals surface area contributed by atoms with E-state index in [0.717, 1.165) is 17.0 Å². The van der Waals surface area contributed by atoms with Crippen LogP contribution in [0.5, 0.6) is 5.75 Å². The molecule has 0 saturated carbocycles. The molecule has 0 aliphatic carbocycles. The Bertz CT molecular complexity index is 511. The Balaban J connectivity index is 2.39. The number of ether oxygens (including phenoxy) is 1. The highest BCUT2D eigenvalue weighted by atomic mass is 16.5. The molecule has 1 heterocycles. The molecule has 2 unspecified atom stereocenters. The van der Waals surface area contributed by atoms with Gasteiger partial charge in [0, 0.05) is 13.1 Å². The molecule has 2 N–H and O–H groups in total. The number of rotatable bonds is 3. The maximum Gasteiger partial charge on any atom is 0.268 e. The highest BCUT2D eigenvalue weighted by Crippen LogP contribution is 2.37. The summed E-state index contributed by atoms with van der Waals surface area (Å²) in [7, 11) is 1.80. The third-order valence-corrected chi connectivity index (χ3v) is 3.88. The van der Waals surface area contributed by atoms with Crippen LogP contribution in [0.2, 0.25) is 0 Å². The molecule has 20 heavy (non-hydrogen) atoms. The lowest BCUT2D eigenvalue weighted by molar-refractivity contribution is -0.127. The Morgan fingerprint density at radius 3 is 2.45 bits per heavy atom. The highest BCUT2D eigenvalue weighted by Gasteiger charge is 2.34. The van der Waals surface area contributed by atoms with E-state index in [-0.39, 0.29) is 17.9 Å². The molecule has 1 aromatic carbocycles. The predicted octanol–water partition coefficient (Wildman–Crippen LogP) is 2.72. The zero-order chi connectivity index (χ0) is 15.0. The molecule has 0 spiro atoms. The van der Waals surface area contributed by atoms with Crippen molar-refractivity contribution >= 4 is 11.6 Å². The number of hydrogen-bond donors (Lipinski definition) is 1. The van der Waals surface area contributed by atoms with Crippen molar-refractivity contribution in [3.63, 3.8) is 0 Å². The number of benzene rings is 1. The number of nitrogens with two attached hydrogens (primary N) is 1. The van der Waals surface area contributed by atoms with Crippen LogP contribution in [-0.4, -0.2) is 19.1 Å². The van der Waals surface area contributed by atoms with Crippen molar-refractivity contribution in [1.82, 2.24) is 0 Å². The van der Waals surface area contributed by atoms with E-state index in [2.05, 4.69) is 13.8 Å². The number of likely N-dealkylation sites (N-methyl/N-ethyl adjacent to an activating group) is 1. The summed E-state index contributed by atoms with van der Waals surface area (Å²) >= 11 is 0. The van der Waals surface area contributed by atoms with Crippen LogP contribution in [0.15, 0.2) is 18.2 Å². The standard InChI is InChI=1S/C16H24N2O2/c1-9(2)14(17)11-6-7-13-12(8-11)18(5)16(19)15(20-13)10(3)4/h6-10,14-15H,17H2,1-5H3. The van der Waals surface area contributed by atoms with Gasteiger partial charge in [-0.15, -0.1) is 0 Å². The smallest absolute Gasteiger partial charge is 0.268 e. The maximum atomic E-state index is 12.3. The molecule has 1 aromatic rings. The largest absolute Gasteiger partial charge is 0.478 e. The van der Waals surface area contributed by atoms with Gasteiger partial charge < -0.3 is 15.4 Å². The molecule has 0 bridgehead atoms. The van der Waals surface area contributed by atoms with Crippen LogP contribution in [0.4, 0.5) is 5.69 Å². The minimum atomic E-state index is -0.405. The second-order valence-electron chi connectivity index (χ2n) is 6.18. The lowest BCUT2D eigenvalue weighted by atomic mass is 9.95. The monoisotopic (exact) mass is 276 g/mol. The van der Waals surface area contributed by atoms with E-state index in [1.54, 1.807) is 11.9 Å². The van der Waals surface area contributed by atoms with Crippen LogP contribution in [0.3, 0.4) is 0 Å². The molecule has 2 rings (SSSR count). The Hall–Kier alpha value is -1.55. The first-order chi connectivity index (χ1) is 9.32. The van der Waals surface area contributed by atoms with E-state index >= 15 is 0 Å². The van der Waals surface area contributed by atoms with E-state index in [1.165, 1.54) is 0 Å². The van der Waals surface area contributed by atoms with Crippen molar-refractivity contribution in [2.45, 2.75) is 39.8 Å². The summed E-state index contributed by atoms with van der Waals surface area (Å²) in [5.41, 5.74) is 8.02. The van der Waals surface area contributed by atoms with Gasteiger partial charge in [0.2, 0.25) is 0 Å². The molecule has 110 valence electrons. The van der Waals surface area contributed by atoms with Crippen molar-refractivity contribution in [3.8, 4) is 5.75 Å². The third kappa shape index (κ3) is 2.52. The molecular weight excluding hydrogens is 252 g/mol. The number of anilines is 1. The molecule has 1 aliphatic rings. The van der Waals surface area contributed by atoms with Crippen LogP contribution in [0.1, 0.15) is 39.3 Å². The van der Waals surface area contributed by atoms with Gasteiger partial charge in [-0.05, 0) is 29.5 Å². The van der Waals surface area contributed by atoms with Crippen LogP contribution in [0.25, 0.3) is 0 Å². The zero-order valence-electron chi connectivity index (χ0n) is 12.9. The Morgan fingerprint density at radius 1 is 1.25 bits per heavy atom. The van der Waals surface area contributed by atoms with Crippen LogP contribution in [-0.2, 0) is 4.79 Å². The van der Waals surface area contributed by atoms with Gasteiger partial charge >= 0.3 is 0 Å². The van der Waals surface area contributed by atoms with Crippen LogP contribution >= 0.6 is 0 Å². The van der Waals surface area contributed by atoms with E-state index in [0.29, 0.717) is 5.92 Å². The quantitative estimate of drug-likeness (QED) is 0.923. The second kappa shape index (κ2) is 5.44. The number of carbonyl (C=O) groups excluding carboxylic acids is 1. The summed E-state index contributed by atoms with van der Waals surface area (Å²) in [6, 6.07) is 5.84. The van der Waals surface area contributed by atoms with Crippen LogP contribution in [0, 0.1) is 11.8 Å². The van der Waals surface area contributed by atoms with Crippen molar-refractivity contribution in [1.29, 1.82) is 0 Å². The normalized spacial score (nSPS) is 20.1. The van der Waals surface area contributed by atoms with E-state index in [9.17, 15) is 4.79 Å². The first-order valence-corrected chi connectivity index (χ1v) is 7.16. The first-order valence-electron chi connectivity index (χ1n) is 7.16. The fourth-order valence-corrected chi connectivity index (χ4v) is 2.41. The molecular formula is C16H24N2O2. The van der Waals surface area contributed by atoms with Gasteiger partial charge in [-0.2, -0.15) is 0 Å². The van der Waals surface area contributed by atoms with Gasteiger partial charge in [0.25, 0.3) is 5.91 Å². The van der Waals surface area contributed by atoms with Gasteiger partial charge in [-0.25, -0.2) is 0 Å². The van der Waals surface area contributed by atoms with Gasteiger partial charge in [-0.1, -0.05) is 33.8 Å². The Kier molecular flexibility index (Phi) is 4.04. The summed E-state index contributed by atoms with van der Waals surface area (Å²) in [6.45, 7) is 8.16. The molecule has 0 fully saturated rings. The molecule has 4 nitrogen and oxygen atoms in total. The fourth-order valence-electron chi connectivity index (χ4n) is 2.41. The fraction of sp³-hybridized carbons (Fsp3) is 0.562. The van der Waals surface area contributed by atoms with Gasteiger partial charge in [0.05, 0.1) is 5.69 Å². The van der Waals surface area contributed by atoms with Crippen molar-refractivity contribution in [2.24, 2.45) is 17.6 Å². The molecule has 4 heteroatoms. The topological polar surface area (TPSA) is 55.6 Å². The van der Waals surface area contributed by atoms with Crippen molar-refractivity contribution in [2.75, 3.05) is 11.9 Å². The van der Waals surface area contributed by atoms with E-state index < -0.39 is 6.10 Å².